The first kappa shape index (κ1) is 27.0. The smallest absolute Gasteiger partial charge is 0.338 e. The Labute approximate surface area is 202 Å². The molecule has 0 unspecified atom stereocenters. The predicted molar refractivity (Wildman–Crippen MR) is 126 cm³/mol. The molecule has 0 radical (unpaired) electrons. The minimum Gasteiger partial charge on any atom is -0.462 e. The van der Waals surface area contributed by atoms with Crippen molar-refractivity contribution in [2.24, 2.45) is 0 Å². The van der Waals surface area contributed by atoms with Crippen molar-refractivity contribution >= 4 is 35.4 Å². The zero-order chi connectivity index (χ0) is 25.8. The fraction of sp³-hybridized carbons (Fsp3) is 0.320. The van der Waals surface area contributed by atoms with E-state index in [1.54, 1.807) is 44.2 Å². The van der Waals surface area contributed by atoms with E-state index in [0.717, 1.165) is 0 Å². The zero-order valence-corrected chi connectivity index (χ0v) is 19.8. The zero-order valence-electron chi connectivity index (χ0n) is 19.8. The summed E-state index contributed by atoms with van der Waals surface area (Å²) in [6, 6.07) is 12.2. The molecule has 35 heavy (non-hydrogen) atoms. The molecule has 0 saturated carbocycles. The van der Waals surface area contributed by atoms with Crippen LogP contribution in [0.3, 0.4) is 0 Å². The van der Waals surface area contributed by atoms with Crippen molar-refractivity contribution in [3.05, 3.63) is 65.2 Å². The van der Waals surface area contributed by atoms with Crippen LogP contribution in [0.2, 0.25) is 0 Å². The van der Waals surface area contributed by atoms with Crippen molar-refractivity contribution in [3.63, 3.8) is 0 Å². The van der Waals surface area contributed by atoms with Crippen LogP contribution in [-0.2, 0) is 28.6 Å². The standard InChI is InChI=1S/C25H28N2O8/c1-4-33-24(31)18-11-19(25(32)34-5-2)13-20(12-18)27-22(29)15-35-23(30)14-21(26-16(3)28)17-9-7-6-8-10-17/h6-13,21H,4-5,14-15H2,1-3H3,(H,26,28)(H,27,29)/t21-/m0/s1. The number of amides is 2. The molecule has 1 atom stereocenters. The molecule has 2 aromatic rings. The van der Waals surface area contributed by atoms with Gasteiger partial charge in [-0.2, -0.15) is 0 Å². The average molecular weight is 485 g/mol. The van der Waals surface area contributed by atoms with E-state index in [0.29, 0.717) is 5.56 Å². The van der Waals surface area contributed by atoms with Crippen LogP contribution in [0.15, 0.2) is 48.5 Å². The average Bonchev–Trinajstić information content (AvgIpc) is 2.82. The Bertz CT molecular complexity index is 1030. The maximum absolute atomic E-state index is 12.4. The third-order valence-electron chi connectivity index (χ3n) is 4.55. The molecule has 0 aliphatic rings. The van der Waals surface area contributed by atoms with Gasteiger partial charge in [0, 0.05) is 12.6 Å². The molecule has 0 aliphatic carbocycles. The van der Waals surface area contributed by atoms with Crippen molar-refractivity contribution in [2.45, 2.75) is 33.2 Å². The highest BCUT2D eigenvalue weighted by Crippen LogP contribution is 2.19. The van der Waals surface area contributed by atoms with Gasteiger partial charge in [-0.1, -0.05) is 30.3 Å². The monoisotopic (exact) mass is 484 g/mol. The van der Waals surface area contributed by atoms with Gasteiger partial charge in [-0.15, -0.1) is 0 Å². The molecule has 0 aromatic heterocycles. The van der Waals surface area contributed by atoms with E-state index in [1.165, 1.54) is 25.1 Å². The second-order valence-corrected chi connectivity index (χ2v) is 7.32. The summed E-state index contributed by atoms with van der Waals surface area (Å²) in [5, 5.41) is 5.17. The first-order valence-corrected chi connectivity index (χ1v) is 11.0. The lowest BCUT2D eigenvalue weighted by atomic mass is 10.0. The van der Waals surface area contributed by atoms with Gasteiger partial charge in [0.1, 0.15) is 0 Å². The number of carbonyl (C=O) groups excluding carboxylic acids is 5. The molecule has 0 fully saturated rings. The van der Waals surface area contributed by atoms with Crippen LogP contribution in [0.4, 0.5) is 5.69 Å². The highest BCUT2D eigenvalue weighted by molar-refractivity contribution is 6.00. The second-order valence-electron chi connectivity index (χ2n) is 7.32. The summed E-state index contributed by atoms with van der Waals surface area (Å²) in [6.45, 7) is 4.25. The highest BCUT2D eigenvalue weighted by atomic mass is 16.5. The first-order chi connectivity index (χ1) is 16.7. The Morgan fingerprint density at radius 1 is 0.829 bits per heavy atom. The van der Waals surface area contributed by atoms with Crippen LogP contribution < -0.4 is 10.6 Å². The van der Waals surface area contributed by atoms with Crippen molar-refractivity contribution in [2.75, 3.05) is 25.1 Å². The minimum absolute atomic E-state index is 0.0470. The third-order valence-corrected chi connectivity index (χ3v) is 4.55. The summed E-state index contributed by atoms with van der Waals surface area (Å²) < 4.78 is 15.0. The summed E-state index contributed by atoms with van der Waals surface area (Å²) in [4.78, 5) is 60.5. The maximum Gasteiger partial charge on any atom is 0.338 e. The number of benzene rings is 2. The van der Waals surface area contributed by atoms with Crippen LogP contribution in [0.1, 0.15) is 59.5 Å². The van der Waals surface area contributed by atoms with E-state index in [1.807, 2.05) is 0 Å². The molecule has 0 spiro atoms. The summed E-state index contributed by atoms with van der Waals surface area (Å²) in [7, 11) is 0. The molecule has 2 N–H and O–H groups in total. The fourth-order valence-electron chi connectivity index (χ4n) is 3.12. The topological polar surface area (TPSA) is 137 Å². The fourth-order valence-corrected chi connectivity index (χ4v) is 3.12. The predicted octanol–water partition coefficient (Wildman–Crippen LogP) is 2.79. The van der Waals surface area contributed by atoms with Crippen molar-refractivity contribution in [1.82, 2.24) is 5.32 Å². The Hall–Kier alpha value is -4.21. The van der Waals surface area contributed by atoms with Gasteiger partial charge in [-0.05, 0) is 37.6 Å². The van der Waals surface area contributed by atoms with Crippen LogP contribution in [0.25, 0.3) is 0 Å². The Morgan fingerprint density at radius 2 is 1.40 bits per heavy atom. The molecular formula is C25H28N2O8. The van der Waals surface area contributed by atoms with Crippen molar-refractivity contribution < 1.29 is 38.2 Å². The molecule has 186 valence electrons. The lowest BCUT2D eigenvalue weighted by molar-refractivity contribution is -0.148. The van der Waals surface area contributed by atoms with Crippen molar-refractivity contribution in [3.8, 4) is 0 Å². The summed E-state index contributed by atoms with van der Waals surface area (Å²) in [5.41, 5.74) is 0.933. The van der Waals surface area contributed by atoms with Crippen molar-refractivity contribution in [1.29, 1.82) is 0 Å². The number of hydrogen-bond acceptors (Lipinski definition) is 8. The van der Waals surface area contributed by atoms with Crippen LogP contribution in [0.5, 0.6) is 0 Å². The van der Waals surface area contributed by atoms with Gasteiger partial charge in [0.2, 0.25) is 5.91 Å². The molecule has 0 heterocycles. The molecule has 2 rings (SSSR count). The number of carbonyl (C=O) groups is 5. The Balaban J connectivity index is 2.05. The van der Waals surface area contributed by atoms with Crippen LogP contribution in [0, 0.1) is 0 Å². The van der Waals surface area contributed by atoms with E-state index in [-0.39, 0.29) is 42.4 Å². The number of ether oxygens (including phenoxy) is 3. The number of esters is 3. The number of rotatable bonds is 11. The second kappa shape index (κ2) is 13.5. The van der Waals surface area contributed by atoms with Gasteiger partial charge in [-0.25, -0.2) is 9.59 Å². The normalized spacial score (nSPS) is 11.1. The molecule has 0 saturated heterocycles. The molecule has 2 aromatic carbocycles. The van der Waals surface area contributed by atoms with Gasteiger partial charge >= 0.3 is 17.9 Å². The van der Waals surface area contributed by atoms with Gasteiger partial charge in [-0.3, -0.25) is 14.4 Å². The van der Waals surface area contributed by atoms with Crippen LogP contribution >= 0.6 is 0 Å². The lowest BCUT2D eigenvalue weighted by Gasteiger charge is -2.17. The molecule has 0 bridgehead atoms. The molecular weight excluding hydrogens is 456 g/mol. The van der Waals surface area contributed by atoms with Gasteiger partial charge < -0.3 is 24.8 Å². The van der Waals surface area contributed by atoms with Crippen LogP contribution in [-0.4, -0.2) is 49.5 Å². The number of nitrogens with one attached hydrogen (secondary N) is 2. The summed E-state index contributed by atoms with van der Waals surface area (Å²) >= 11 is 0. The highest BCUT2D eigenvalue weighted by Gasteiger charge is 2.20. The first-order valence-electron chi connectivity index (χ1n) is 11.0. The van der Waals surface area contributed by atoms with Gasteiger partial charge in [0.25, 0.3) is 5.91 Å². The van der Waals surface area contributed by atoms with E-state index < -0.39 is 36.5 Å². The molecule has 10 nitrogen and oxygen atoms in total. The largest absolute Gasteiger partial charge is 0.462 e. The maximum atomic E-state index is 12.4. The third kappa shape index (κ3) is 8.92. The minimum atomic E-state index is -0.699. The summed E-state index contributed by atoms with van der Waals surface area (Å²) in [5.74, 6) is -3.06. The Kier molecular flexibility index (Phi) is 10.4. The SMILES string of the molecule is CCOC(=O)c1cc(NC(=O)COC(=O)C[C@H](NC(C)=O)c2ccccc2)cc(C(=O)OCC)c1. The number of anilines is 1. The van der Waals surface area contributed by atoms with E-state index in [9.17, 15) is 24.0 Å². The Morgan fingerprint density at radius 3 is 1.91 bits per heavy atom. The molecule has 10 heteroatoms. The van der Waals surface area contributed by atoms with E-state index >= 15 is 0 Å². The lowest BCUT2D eigenvalue weighted by Crippen LogP contribution is -2.29. The molecule has 0 aliphatic heterocycles. The van der Waals surface area contributed by atoms with Gasteiger partial charge in [0.05, 0.1) is 36.8 Å². The van der Waals surface area contributed by atoms with Gasteiger partial charge in [0.15, 0.2) is 6.61 Å². The number of hydrogen-bond donors (Lipinski definition) is 2. The van der Waals surface area contributed by atoms with E-state index in [4.69, 9.17) is 14.2 Å². The molecule has 2 amide bonds. The summed E-state index contributed by atoms with van der Waals surface area (Å²) in [6.07, 6.45) is -0.178. The van der Waals surface area contributed by atoms with E-state index in [2.05, 4.69) is 10.6 Å². The quantitative estimate of drug-likeness (QED) is 0.367.